The summed E-state index contributed by atoms with van der Waals surface area (Å²) in [5, 5.41) is 2.86. The first kappa shape index (κ1) is 15.9. The van der Waals surface area contributed by atoms with E-state index in [0.717, 1.165) is 18.5 Å². The van der Waals surface area contributed by atoms with E-state index < -0.39 is 0 Å². The van der Waals surface area contributed by atoms with Crippen molar-refractivity contribution in [3.63, 3.8) is 0 Å². The maximum absolute atomic E-state index is 11.7. The molecule has 0 aliphatic carbocycles. The molecular weight excluding hydrogens is 276 g/mol. The molecule has 116 valence electrons. The van der Waals surface area contributed by atoms with E-state index in [1.807, 2.05) is 55.5 Å². The molecule has 0 atom stereocenters. The monoisotopic (exact) mass is 298 g/mol. The molecule has 0 fully saturated rings. The average Bonchev–Trinajstić information content (AvgIpc) is 2.53. The number of carbonyl (C=O) groups excluding carboxylic acids is 1. The van der Waals surface area contributed by atoms with Crippen molar-refractivity contribution in [2.75, 3.05) is 18.9 Å². The highest BCUT2D eigenvalue weighted by Gasteiger charge is 2.02. The lowest BCUT2D eigenvalue weighted by molar-refractivity contribution is -0.123. The predicted molar refractivity (Wildman–Crippen MR) is 88.9 cm³/mol. The second-order valence-electron chi connectivity index (χ2n) is 5.30. The van der Waals surface area contributed by atoms with Crippen molar-refractivity contribution in [1.29, 1.82) is 0 Å². The SMILES string of the molecule is Cc1ccc(OCC(=O)NCCCc2ccc(N)cc2)cc1. The van der Waals surface area contributed by atoms with Crippen LogP contribution in [0.25, 0.3) is 0 Å². The Morgan fingerprint density at radius 3 is 2.45 bits per heavy atom. The third-order valence-electron chi connectivity index (χ3n) is 3.34. The van der Waals surface area contributed by atoms with Gasteiger partial charge in [0, 0.05) is 12.2 Å². The highest BCUT2D eigenvalue weighted by molar-refractivity contribution is 5.77. The number of ether oxygens (including phenoxy) is 1. The van der Waals surface area contributed by atoms with Gasteiger partial charge in [0.1, 0.15) is 5.75 Å². The molecule has 0 aromatic heterocycles. The summed E-state index contributed by atoms with van der Waals surface area (Å²) < 4.78 is 5.43. The Morgan fingerprint density at radius 2 is 1.77 bits per heavy atom. The Bertz CT molecular complexity index is 591. The molecule has 4 nitrogen and oxygen atoms in total. The fourth-order valence-corrected chi connectivity index (χ4v) is 2.04. The van der Waals surface area contributed by atoms with Crippen LogP contribution < -0.4 is 15.8 Å². The van der Waals surface area contributed by atoms with Crippen molar-refractivity contribution >= 4 is 11.6 Å². The fourth-order valence-electron chi connectivity index (χ4n) is 2.04. The Hall–Kier alpha value is -2.49. The van der Waals surface area contributed by atoms with E-state index in [-0.39, 0.29) is 12.5 Å². The smallest absolute Gasteiger partial charge is 0.257 e. The first-order valence-corrected chi connectivity index (χ1v) is 7.44. The minimum absolute atomic E-state index is 0.0466. The highest BCUT2D eigenvalue weighted by atomic mass is 16.5. The van der Waals surface area contributed by atoms with Gasteiger partial charge in [-0.2, -0.15) is 0 Å². The van der Waals surface area contributed by atoms with Crippen LogP contribution in [-0.4, -0.2) is 19.1 Å². The molecule has 0 spiro atoms. The van der Waals surface area contributed by atoms with E-state index in [1.54, 1.807) is 0 Å². The Morgan fingerprint density at radius 1 is 1.09 bits per heavy atom. The molecule has 2 aromatic rings. The molecule has 0 bridgehead atoms. The van der Waals surface area contributed by atoms with Gasteiger partial charge in [-0.1, -0.05) is 29.8 Å². The zero-order valence-corrected chi connectivity index (χ0v) is 12.8. The molecule has 0 heterocycles. The molecule has 0 unspecified atom stereocenters. The Labute approximate surface area is 131 Å². The van der Waals surface area contributed by atoms with Crippen molar-refractivity contribution in [1.82, 2.24) is 5.32 Å². The van der Waals surface area contributed by atoms with Crippen LogP contribution in [-0.2, 0) is 11.2 Å². The summed E-state index contributed by atoms with van der Waals surface area (Å²) in [6, 6.07) is 15.5. The van der Waals surface area contributed by atoms with Crippen LogP contribution in [0.1, 0.15) is 17.5 Å². The maximum Gasteiger partial charge on any atom is 0.257 e. The van der Waals surface area contributed by atoms with Crippen molar-refractivity contribution in [3.05, 3.63) is 59.7 Å². The van der Waals surface area contributed by atoms with Gasteiger partial charge in [-0.15, -0.1) is 0 Å². The van der Waals surface area contributed by atoms with Gasteiger partial charge < -0.3 is 15.8 Å². The van der Waals surface area contributed by atoms with E-state index in [2.05, 4.69) is 5.32 Å². The second kappa shape index (κ2) is 8.08. The maximum atomic E-state index is 11.7. The third-order valence-corrected chi connectivity index (χ3v) is 3.34. The van der Waals surface area contributed by atoms with Crippen molar-refractivity contribution < 1.29 is 9.53 Å². The summed E-state index contributed by atoms with van der Waals surface area (Å²) >= 11 is 0. The quantitative estimate of drug-likeness (QED) is 0.610. The van der Waals surface area contributed by atoms with Crippen LogP contribution in [0.3, 0.4) is 0 Å². The molecule has 0 aliphatic rings. The number of aryl methyl sites for hydroxylation is 2. The van der Waals surface area contributed by atoms with E-state index in [9.17, 15) is 4.79 Å². The van der Waals surface area contributed by atoms with Gasteiger partial charge >= 0.3 is 0 Å². The average molecular weight is 298 g/mol. The number of nitrogens with one attached hydrogen (secondary N) is 1. The summed E-state index contributed by atoms with van der Waals surface area (Å²) in [5.41, 5.74) is 8.80. The molecule has 4 heteroatoms. The predicted octanol–water partition coefficient (Wildman–Crippen LogP) is 2.71. The van der Waals surface area contributed by atoms with Gasteiger partial charge in [0.15, 0.2) is 6.61 Å². The molecule has 22 heavy (non-hydrogen) atoms. The van der Waals surface area contributed by atoms with Gasteiger partial charge in [-0.3, -0.25) is 4.79 Å². The number of benzene rings is 2. The van der Waals surface area contributed by atoms with E-state index in [1.165, 1.54) is 11.1 Å². The van der Waals surface area contributed by atoms with Crippen LogP contribution in [0.4, 0.5) is 5.69 Å². The zero-order chi connectivity index (χ0) is 15.8. The summed E-state index contributed by atoms with van der Waals surface area (Å²) in [6.45, 7) is 2.70. The first-order valence-electron chi connectivity index (χ1n) is 7.44. The number of hydrogen-bond donors (Lipinski definition) is 2. The van der Waals surface area contributed by atoms with Crippen LogP contribution in [0.2, 0.25) is 0 Å². The number of amides is 1. The number of hydrogen-bond acceptors (Lipinski definition) is 3. The number of nitrogen functional groups attached to an aromatic ring is 1. The lowest BCUT2D eigenvalue weighted by Gasteiger charge is -2.08. The molecular formula is C18H22N2O2. The normalized spacial score (nSPS) is 10.2. The van der Waals surface area contributed by atoms with Crippen LogP contribution in [0.5, 0.6) is 5.75 Å². The van der Waals surface area contributed by atoms with Gasteiger partial charge in [-0.25, -0.2) is 0 Å². The van der Waals surface area contributed by atoms with Gasteiger partial charge in [-0.05, 0) is 49.6 Å². The van der Waals surface area contributed by atoms with Gasteiger partial charge in [0.05, 0.1) is 0 Å². The van der Waals surface area contributed by atoms with Crippen molar-refractivity contribution in [3.8, 4) is 5.75 Å². The number of nitrogens with two attached hydrogens (primary N) is 1. The van der Waals surface area contributed by atoms with Crippen molar-refractivity contribution in [2.45, 2.75) is 19.8 Å². The number of carbonyl (C=O) groups is 1. The molecule has 2 aromatic carbocycles. The third kappa shape index (κ3) is 5.48. The first-order chi connectivity index (χ1) is 10.6. The van der Waals surface area contributed by atoms with Crippen LogP contribution in [0.15, 0.2) is 48.5 Å². The standard InChI is InChI=1S/C18H22N2O2/c1-14-4-10-17(11-5-14)22-13-18(21)20-12-2-3-15-6-8-16(19)9-7-15/h4-11H,2-3,12-13,19H2,1H3,(H,20,21). The molecule has 3 N–H and O–H groups in total. The minimum atomic E-state index is -0.0992. The molecule has 0 aliphatic heterocycles. The molecule has 0 radical (unpaired) electrons. The molecule has 0 saturated heterocycles. The second-order valence-corrected chi connectivity index (χ2v) is 5.30. The van der Waals surface area contributed by atoms with E-state index in [0.29, 0.717) is 12.3 Å². The number of rotatable bonds is 7. The molecule has 2 rings (SSSR count). The Balaban J connectivity index is 1.61. The summed E-state index contributed by atoms with van der Waals surface area (Å²) in [6.07, 6.45) is 1.81. The van der Waals surface area contributed by atoms with Gasteiger partial charge in [0.2, 0.25) is 0 Å². The zero-order valence-electron chi connectivity index (χ0n) is 12.8. The lowest BCUT2D eigenvalue weighted by Crippen LogP contribution is -2.29. The number of anilines is 1. The van der Waals surface area contributed by atoms with Crippen molar-refractivity contribution in [2.24, 2.45) is 0 Å². The molecule has 1 amide bonds. The van der Waals surface area contributed by atoms with Crippen LogP contribution >= 0.6 is 0 Å². The van der Waals surface area contributed by atoms with Gasteiger partial charge in [0.25, 0.3) is 5.91 Å². The topological polar surface area (TPSA) is 64.3 Å². The summed E-state index contributed by atoms with van der Waals surface area (Å²) in [4.78, 5) is 11.7. The van der Waals surface area contributed by atoms with E-state index in [4.69, 9.17) is 10.5 Å². The lowest BCUT2D eigenvalue weighted by atomic mass is 10.1. The summed E-state index contributed by atoms with van der Waals surface area (Å²) in [5.74, 6) is 0.612. The Kier molecular flexibility index (Phi) is 5.83. The molecule has 0 saturated carbocycles. The van der Waals surface area contributed by atoms with E-state index >= 15 is 0 Å². The highest BCUT2D eigenvalue weighted by Crippen LogP contribution is 2.11. The largest absolute Gasteiger partial charge is 0.484 e. The van der Waals surface area contributed by atoms with Crippen LogP contribution in [0, 0.1) is 6.92 Å². The fraction of sp³-hybridized carbons (Fsp3) is 0.278. The minimum Gasteiger partial charge on any atom is -0.484 e. The summed E-state index contributed by atoms with van der Waals surface area (Å²) in [7, 11) is 0.